The van der Waals surface area contributed by atoms with Gasteiger partial charge in [0.15, 0.2) is 0 Å². The number of carbonyl (C=O) groups excluding carboxylic acids is 1. The molecule has 2 rings (SSSR count). The molecule has 0 spiro atoms. The number of nitrogens with one attached hydrogen (secondary N) is 2. The van der Waals surface area contributed by atoms with Crippen molar-refractivity contribution in [2.24, 2.45) is 0 Å². The Morgan fingerprint density at radius 2 is 1.92 bits per heavy atom. The molecule has 8 heteroatoms. The Labute approximate surface area is 142 Å². The minimum absolute atomic E-state index is 0.154. The molecule has 0 saturated carbocycles. The van der Waals surface area contributed by atoms with Crippen molar-refractivity contribution in [2.45, 2.75) is 44.9 Å². The third kappa shape index (κ3) is 4.67. The zero-order valence-corrected chi connectivity index (χ0v) is 15.0. The Kier molecular flexibility index (Phi) is 5.82. The minimum Gasteiger partial charge on any atom is -0.324 e. The van der Waals surface area contributed by atoms with Gasteiger partial charge in [0.2, 0.25) is 10.0 Å². The molecule has 0 radical (unpaired) electrons. The molecule has 0 bridgehead atoms. The fourth-order valence-corrected chi connectivity index (χ4v) is 3.41. The third-order valence-electron chi connectivity index (χ3n) is 4.16. The van der Waals surface area contributed by atoms with Gasteiger partial charge in [-0.15, -0.1) is 0 Å². The van der Waals surface area contributed by atoms with E-state index < -0.39 is 15.3 Å². The van der Waals surface area contributed by atoms with Gasteiger partial charge in [-0.2, -0.15) is 0 Å². The smallest absolute Gasteiger partial charge is 0.321 e. The number of anilines is 1. The van der Waals surface area contributed by atoms with Crippen LogP contribution in [0.3, 0.4) is 0 Å². The van der Waals surface area contributed by atoms with Crippen LogP contribution in [-0.2, 0) is 10.0 Å². The molecule has 1 aliphatic rings. The van der Waals surface area contributed by atoms with E-state index in [9.17, 15) is 17.6 Å². The van der Waals surface area contributed by atoms with Crippen molar-refractivity contribution in [2.75, 3.05) is 18.4 Å². The van der Waals surface area contributed by atoms with Crippen molar-refractivity contribution in [3.63, 3.8) is 0 Å². The van der Waals surface area contributed by atoms with Crippen LogP contribution in [0.2, 0.25) is 0 Å². The Bertz CT molecular complexity index is 699. The van der Waals surface area contributed by atoms with E-state index in [1.54, 1.807) is 37.8 Å². The molecule has 1 saturated heterocycles. The molecule has 0 unspecified atom stereocenters. The standard InChI is InChI=1S/C16H24FN3O3S/c1-11(2)24(22,23)19-13-6-8-20(9-7-13)16(21)18-14-5-4-12(3)15(17)10-14/h4-5,10-11,13,19H,6-9H2,1-3H3,(H,18,21). The van der Waals surface area contributed by atoms with Gasteiger partial charge in [0.1, 0.15) is 5.82 Å². The summed E-state index contributed by atoms with van der Waals surface area (Å²) in [6, 6.07) is 4.09. The summed E-state index contributed by atoms with van der Waals surface area (Å²) in [6.45, 7) is 5.82. The molecule has 134 valence electrons. The van der Waals surface area contributed by atoms with Crippen LogP contribution in [0.15, 0.2) is 18.2 Å². The quantitative estimate of drug-likeness (QED) is 0.869. The van der Waals surface area contributed by atoms with Gasteiger partial charge in [-0.25, -0.2) is 22.3 Å². The maximum Gasteiger partial charge on any atom is 0.321 e. The highest BCUT2D eigenvalue weighted by Crippen LogP contribution is 2.17. The summed E-state index contributed by atoms with van der Waals surface area (Å²) in [5.74, 6) is -0.366. The monoisotopic (exact) mass is 357 g/mol. The normalized spacial score (nSPS) is 16.5. The van der Waals surface area contributed by atoms with Gasteiger partial charge in [0.25, 0.3) is 0 Å². The number of urea groups is 1. The van der Waals surface area contributed by atoms with E-state index in [-0.39, 0.29) is 17.9 Å². The molecular weight excluding hydrogens is 333 g/mol. The summed E-state index contributed by atoms with van der Waals surface area (Å²) in [6.07, 6.45) is 1.11. The number of nitrogens with zero attached hydrogens (tertiary/aromatic N) is 1. The molecule has 0 atom stereocenters. The lowest BCUT2D eigenvalue weighted by Gasteiger charge is -2.32. The van der Waals surface area contributed by atoms with E-state index in [1.807, 2.05) is 0 Å². The molecule has 1 fully saturated rings. The van der Waals surface area contributed by atoms with Gasteiger partial charge >= 0.3 is 6.03 Å². The maximum atomic E-state index is 13.5. The van der Waals surface area contributed by atoms with E-state index >= 15 is 0 Å². The van der Waals surface area contributed by atoms with Crippen molar-refractivity contribution in [3.8, 4) is 0 Å². The summed E-state index contributed by atoms with van der Waals surface area (Å²) < 4.78 is 39.9. The summed E-state index contributed by atoms with van der Waals surface area (Å²) >= 11 is 0. The Hall–Kier alpha value is -1.67. The van der Waals surface area contributed by atoms with Gasteiger partial charge in [-0.1, -0.05) is 6.07 Å². The number of likely N-dealkylation sites (tertiary alicyclic amines) is 1. The molecule has 0 aromatic heterocycles. The SMILES string of the molecule is Cc1ccc(NC(=O)N2CCC(NS(=O)(=O)C(C)C)CC2)cc1F. The third-order valence-corrected chi connectivity index (χ3v) is 6.06. The van der Waals surface area contributed by atoms with Crippen LogP contribution in [0.1, 0.15) is 32.3 Å². The first-order valence-corrected chi connectivity index (χ1v) is 9.57. The lowest BCUT2D eigenvalue weighted by atomic mass is 10.1. The number of halogens is 1. The zero-order valence-electron chi connectivity index (χ0n) is 14.2. The van der Waals surface area contributed by atoms with Gasteiger partial charge in [0.05, 0.1) is 5.25 Å². The highest BCUT2D eigenvalue weighted by molar-refractivity contribution is 7.90. The van der Waals surface area contributed by atoms with Crippen LogP contribution in [0, 0.1) is 12.7 Å². The molecule has 2 N–H and O–H groups in total. The highest BCUT2D eigenvalue weighted by atomic mass is 32.2. The molecule has 1 aromatic rings. The molecule has 6 nitrogen and oxygen atoms in total. The first-order valence-electron chi connectivity index (χ1n) is 8.02. The average molecular weight is 357 g/mol. The molecule has 1 aromatic carbocycles. The number of aryl methyl sites for hydroxylation is 1. The number of benzene rings is 1. The molecular formula is C16H24FN3O3S. The van der Waals surface area contributed by atoms with Crippen LogP contribution < -0.4 is 10.0 Å². The lowest BCUT2D eigenvalue weighted by Crippen LogP contribution is -2.48. The minimum atomic E-state index is -3.30. The first kappa shape index (κ1) is 18.7. The van der Waals surface area contributed by atoms with E-state index in [0.717, 1.165) is 0 Å². The van der Waals surface area contributed by atoms with E-state index in [1.165, 1.54) is 6.07 Å². The topological polar surface area (TPSA) is 78.5 Å². The fourth-order valence-electron chi connectivity index (χ4n) is 2.44. The maximum absolute atomic E-state index is 13.5. The number of hydrogen-bond acceptors (Lipinski definition) is 3. The van der Waals surface area contributed by atoms with Gasteiger partial charge in [-0.3, -0.25) is 0 Å². The Balaban J connectivity index is 1.87. The number of amides is 2. The van der Waals surface area contributed by atoms with Gasteiger partial charge in [-0.05, 0) is 51.3 Å². The predicted octanol–water partition coefficient (Wildman–Crippen LogP) is 2.46. The molecule has 0 aliphatic carbocycles. The molecule has 1 aliphatic heterocycles. The first-order chi connectivity index (χ1) is 11.2. The second kappa shape index (κ2) is 7.48. The van der Waals surface area contributed by atoms with Crippen LogP contribution in [0.5, 0.6) is 0 Å². The van der Waals surface area contributed by atoms with Crippen LogP contribution in [0.4, 0.5) is 14.9 Å². The Morgan fingerprint density at radius 3 is 2.46 bits per heavy atom. The summed E-state index contributed by atoms with van der Waals surface area (Å²) in [5.41, 5.74) is 0.928. The van der Waals surface area contributed by atoms with Crippen LogP contribution >= 0.6 is 0 Å². The van der Waals surface area contributed by atoms with Crippen molar-refractivity contribution in [1.29, 1.82) is 0 Å². The molecule has 1 heterocycles. The van der Waals surface area contributed by atoms with Crippen molar-refractivity contribution >= 4 is 21.7 Å². The van der Waals surface area contributed by atoms with E-state index in [0.29, 0.717) is 37.2 Å². The molecule has 24 heavy (non-hydrogen) atoms. The number of hydrogen-bond donors (Lipinski definition) is 2. The number of piperidine rings is 1. The highest BCUT2D eigenvalue weighted by Gasteiger charge is 2.27. The summed E-state index contributed by atoms with van der Waals surface area (Å²) in [4.78, 5) is 13.8. The van der Waals surface area contributed by atoms with Crippen LogP contribution in [0.25, 0.3) is 0 Å². The molecule has 2 amide bonds. The Morgan fingerprint density at radius 1 is 1.29 bits per heavy atom. The van der Waals surface area contributed by atoms with E-state index in [4.69, 9.17) is 0 Å². The van der Waals surface area contributed by atoms with Gasteiger partial charge < -0.3 is 10.2 Å². The number of carbonyl (C=O) groups is 1. The number of sulfonamides is 1. The predicted molar refractivity (Wildman–Crippen MR) is 91.9 cm³/mol. The second-order valence-electron chi connectivity index (χ2n) is 6.37. The summed E-state index contributed by atoms with van der Waals surface area (Å²) in [5, 5.41) is 2.19. The fraction of sp³-hybridized carbons (Fsp3) is 0.562. The lowest BCUT2D eigenvalue weighted by molar-refractivity contribution is 0.193. The average Bonchev–Trinajstić information content (AvgIpc) is 2.51. The van der Waals surface area contributed by atoms with Crippen LogP contribution in [-0.4, -0.2) is 43.7 Å². The zero-order chi connectivity index (χ0) is 17.9. The van der Waals surface area contributed by atoms with Gasteiger partial charge in [0, 0.05) is 24.8 Å². The van der Waals surface area contributed by atoms with Crippen molar-refractivity contribution < 1.29 is 17.6 Å². The van der Waals surface area contributed by atoms with Crippen molar-refractivity contribution in [1.82, 2.24) is 9.62 Å². The van der Waals surface area contributed by atoms with Crippen molar-refractivity contribution in [3.05, 3.63) is 29.6 Å². The number of rotatable bonds is 4. The largest absolute Gasteiger partial charge is 0.324 e. The second-order valence-corrected chi connectivity index (χ2v) is 8.64. The van der Waals surface area contributed by atoms with E-state index in [2.05, 4.69) is 10.0 Å². The summed E-state index contributed by atoms with van der Waals surface area (Å²) in [7, 11) is -3.30.